The second-order valence-corrected chi connectivity index (χ2v) is 3.74. The van der Waals surface area contributed by atoms with Crippen LogP contribution in [0.2, 0.25) is 0 Å². The number of nitrogens with one attached hydrogen (secondary N) is 1. The van der Waals surface area contributed by atoms with Crippen LogP contribution in [0.3, 0.4) is 0 Å². The summed E-state index contributed by atoms with van der Waals surface area (Å²) < 4.78 is 40.3. The Morgan fingerprint density at radius 2 is 2.11 bits per heavy atom. The highest BCUT2D eigenvalue weighted by molar-refractivity contribution is 5.93. The van der Waals surface area contributed by atoms with E-state index in [9.17, 15) is 13.2 Å². The highest BCUT2D eigenvalue weighted by Gasteiger charge is 2.32. The minimum absolute atomic E-state index is 0.0340. The minimum atomic E-state index is -4.79. The summed E-state index contributed by atoms with van der Waals surface area (Å²) in [7, 11) is 0. The standard InChI is InChI=1S/C11H14F3N3O2/c1-7(18)6-16-10(15)17-8-4-2-3-5-9(8)19-11(12,13)14/h2-5,7,18H,6H2,1H3,(H3,15,16,17). The average Bonchev–Trinajstić information content (AvgIpc) is 2.27. The molecule has 4 N–H and O–H groups in total. The predicted molar refractivity (Wildman–Crippen MR) is 64.9 cm³/mol. The third-order valence-electron chi connectivity index (χ3n) is 1.90. The highest BCUT2D eigenvalue weighted by atomic mass is 19.4. The van der Waals surface area contributed by atoms with Gasteiger partial charge in [0, 0.05) is 0 Å². The van der Waals surface area contributed by atoms with Crippen LogP contribution in [0.25, 0.3) is 0 Å². The summed E-state index contributed by atoms with van der Waals surface area (Å²) >= 11 is 0. The molecule has 0 fully saturated rings. The van der Waals surface area contributed by atoms with Crippen LogP contribution >= 0.6 is 0 Å². The van der Waals surface area contributed by atoms with Gasteiger partial charge in [-0.25, -0.2) is 0 Å². The van der Waals surface area contributed by atoms with Crippen LogP contribution in [-0.2, 0) is 0 Å². The Bertz CT molecular complexity index is 447. The van der Waals surface area contributed by atoms with Crippen LogP contribution in [0.15, 0.2) is 29.3 Å². The first kappa shape index (κ1) is 15.1. The van der Waals surface area contributed by atoms with E-state index in [0.717, 1.165) is 6.07 Å². The zero-order valence-electron chi connectivity index (χ0n) is 10.1. The Labute approximate surface area is 107 Å². The molecule has 1 aromatic rings. The van der Waals surface area contributed by atoms with Crippen molar-refractivity contribution in [1.82, 2.24) is 0 Å². The van der Waals surface area contributed by atoms with E-state index >= 15 is 0 Å². The number of aliphatic hydroxyl groups is 1. The van der Waals surface area contributed by atoms with Crippen molar-refractivity contribution in [3.63, 3.8) is 0 Å². The lowest BCUT2D eigenvalue weighted by Crippen LogP contribution is -2.25. The molecule has 0 saturated carbocycles. The molecule has 0 aliphatic heterocycles. The van der Waals surface area contributed by atoms with E-state index in [1.54, 1.807) is 0 Å². The third-order valence-corrected chi connectivity index (χ3v) is 1.90. The first-order valence-electron chi connectivity index (χ1n) is 5.37. The summed E-state index contributed by atoms with van der Waals surface area (Å²) in [6, 6.07) is 5.44. The molecule has 0 radical (unpaired) electrons. The zero-order chi connectivity index (χ0) is 14.5. The van der Waals surface area contributed by atoms with Crippen LogP contribution in [0, 0.1) is 0 Å². The second-order valence-electron chi connectivity index (χ2n) is 3.74. The van der Waals surface area contributed by atoms with E-state index in [1.807, 2.05) is 0 Å². The van der Waals surface area contributed by atoms with Gasteiger partial charge in [-0.05, 0) is 19.1 Å². The van der Waals surface area contributed by atoms with Gasteiger partial charge in [0.2, 0.25) is 0 Å². The Balaban J connectivity index is 2.81. The number of rotatable bonds is 4. The van der Waals surface area contributed by atoms with Gasteiger partial charge in [-0.2, -0.15) is 0 Å². The average molecular weight is 277 g/mol. The summed E-state index contributed by atoms with van der Waals surface area (Å²) in [6.45, 7) is 1.55. The largest absolute Gasteiger partial charge is 0.573 e. The van der Waals surface area contributed by atoms with Crippen molar-refractivity contribution in [2.45, 2.75) is 19.4 Å². The maximum absolute atomic E-state index is 12.2. The highest BCUT2D eigenvalue weighted by Crippen LogP contribution is 2.29. The molecule has 0 aliphatic rings. The Morgan fingerprint density at radius 1 is 1.47 bits per heavy atom. The van der Waals surface area contributed by atoms with E-state index in [4.69, 9.17) is 10.8 Å². The lowest BCUT2D eigenvalue weighted by atomic mass is 10.3. The van der Waals surface area contributed by atoms with Gasteiger partial charge in [-0.15, -0.1) is 13.2 Å². The molecule has 1 rings (SSSR count). The number of hydrogen-bond acceptors (Lipinski definition) is 3. The quantitative estimate of drug-likeness (QED) is 0.578. The lowest BCUT2D eigenvalue weighted by molar-refractivity contribution is -0.274. The van der Waals surface area contributed by atoms with Gasteiger partial charge in [0.1, 0.15) is 0 Å². The molecule has 0 aliphatic carbocycles. The van der Waals surface area contributed by atoms with Gasteiger partial charge in [-0.1, -0.05) is 12.1 Å². The Morgan fingerprint density at radius 3 is 2.68 bits per heavy atom. The van der Waals surface area contributed by atoms with Crippen molar-refractivity contribution in [3.8, 4) is 5.75 Å². The van der Waals surface area contributed by atoms with Gasteiger partial charge in [0.15, 0.2) is 11.7 Å². The molecule has 0 bridgehead atoms. The van der Waals surface area contributed by atoms with Gasteiger partial charge < -0.3 is 20.9 Å². The lowest BCUT2D eigenvalue weighted by Gasteiger charge is -2.14. The second kappa shape index (κ2) is 6.28. The number of anilines is 1. The molecular weight excluding hydrogens is 263 g/mol. The van der Waals surface area contributed by atoms with Crippen molar-refractivity contribution < 1.29 is 23.0 Å². The topological polar surface area (TPSA) is 79.9 Å². The molecule has 5 nitrogen and oxygen atoms in total. The van der Waals surface area contributed by atoms with Crippen molar-refractivity contribution >= 4 is 11.6 Å². The molecular formula is C11H14F3N3O2. The Kier molecular flexibility index (Phi) is 4.99. The van der Waals surface area contributed by atoms with Crippen molar-refractivity contribution in [1.29, 1.82) is 0 Å². The van der Waals surface area contributed by atoms with E-state index in [2.05, 4.69) is 15.0 Å². The van der Waals surface area contributed by atoms with Crippen molar-refractivity contribution in [3.05, 3.63) is 24.3 Å². The number of aliphatic imine (C=N–C) groups is 1. The van der Waals surface area contributed by atoms with Crippen LogP contribution < -0.4 is 15.8 Å². The van der Waals surface area contributed by atoms with E-state index in [1.165, 1.54) is 25.1 Å². The number of benzene rings is 1. The molecule has 0 heterocycles. The van der Waals surface area contributed by atoms with Gasteiger partial charge in [-0.3, -0.25) is 4.99 Å². The van der Waals surface area contributed by atoms with Crippen LogP contribution in [0.5, 0.6) is 5.75 Å². The maximum atomic E-state index is 12.2. The molecule has 0 saturated heterocycles. The summed E-state index contributed by atoms with van der Waals surface area (Å²) in [6.07, 6.45) is -5.48. The first-order valence-corrected chi connectivity index (χ1v) is 5.37. The molecule has 19 heavy (non-hydrogen) atoms. The number of ether oxygens (including phenoxy) is 1. The van der Waals surface area contributed by atoms with Crippen LogP contribution in [-0.4, -0.2) is 30.1 Å². The van der Waals surface area contributed by atoms with E-state index < -0.39 is 18.2 Å². The number of nitrogens with two attached hydrogens (primary N) is 1. The van der Waals surface area contributed by atoms with Gasteiger partial charge >= 0.3 is 6.36 Å². The molecule has 1 atom stereocenters. The fourth-order valence-corrected chi connectivity index (χ4v) is 1.19. The van der Waals surface area contributed by atoms with Gasteiger partial charge in [0.25, 0.3) is 0 Å². The third kappa shape index (κ3) is 5.96. The number of guanidine groups is 1. The van der Waals surface area contributed by atoms with Crippen molar-refractivity contribution in [2.75, 3.05) is 11.9 Å². The van der Waals surface area contributed by atoms with E-state index in [0.29, 0.717) is 0 Å². The van der Waals surface area contributed by atoms with Crippen molar-refractivity contribution in [2.24, 2.45) is 10.7 Å². The molecule has 0 spiro atoms. The monoisotopic (exact) mass is 277 g/mol. The molecule has 8 heteroatoms. The first-order chi connectivity index (χ1) is 8.78. The number of halogens is 3. The molecule has 0 aromatic heterocycles. The summed E-state index contributed by atoms with van der Waals surface area (Å²) in [4.78, 5) is 3.75. The number of hydrogen-bond donors (Lipinski definition) is 3. The molecule has 0 amide bonds. The van der Waals surface area contributed by atoms with E-state index in [-0.39, 0.29) is 18.2 Å². The number of aliphatic hydroxyl groups excluding tert-OH is 1. The summed E-state index contributed by atoms with van der Waals surface area (Å²) in [5, 5.41) is 11.5. The maximum Gasteiger partial charge on any atom is 0.573 e. The predicted octanol–water partition coefficient (Wildman–Crippen LogP) is 1.69. The number of para-hydroxylation sites is 2. The number of nitrogens with zero attached hydrogens (tertiary/aromatic N) is 1. The summed E-state index contributed by atoms with van der Waals surface area (Å²) in [5.41, 5.74) is 5.51. The fourth-order valence-electron chi connectivity index (χ4n) is 1.19. The zero-order valence-corrected chi connectivity index (χ0v) is 10.1. The van der Waals surface area contributed by atoms with Crippen LogP contribution in [0.4, 0.5) is 18.9 Å². The fraction of sp³-hybridized carbons (Fsp3) is 0.364. The normalized spacial score (nSPS) is 14.1. The number of alkyl halides is 3. The molecule has 1 aromatic carbocycles. The SMILES string of the molecule is CC(O)CN=C(N)Nc1ccccc1OC(F)(F)F. The summed E-state index contributed by atoms with van der Waals surface area (Å²) in [5.74, 6) is -0.524. The smallest absolute Gasteiger partial charge is 0.404 e. The minimum Gasteiger partial charge on any atom is -0.404 e. The van der Waals surface area contributed by atoms with Gasteiger partial charge in [0.05, 0.1) is 18.3 Å². The molecule has 1 unspecified atom stereocenters. The Hall–Kier alpha value is -1.96. The van der Waals surface area contributed by atoms with Crippen LogP contribution in [0.1, 0.15) is 6.92 Å². The molecule has 106 valence electrons.